The van der Waals surface area contributed by atoms with Gasteiger partial charge in [-0.05, 0) is 38.3 Å². The zero-order valence-corrected chi connectivity index (χ0v) is 19.7. The maximum atomic E-state index is 14.5. The van der Waals surface area contributed by atoms with Crippen molar-refractivity contribution < 1.29 is 22.4 Å². The van der Waals surface area contributed by atoms with Gasteiger partial charge in [0.05, 0.1) is 18.1 Å². The summed E-state index contributed by atoms with van der Waals surface area (Å²) in [6.45, 7) is 4.54. The third-order valence-corrected chi connectivity index (χ3v) is 6.33. The van der Waals surface area contributed by atoms with Crippen LogP contribution in [-0.4, -0.2) is 50.2 Å². The number of piperidine rings is 1. The molecule has 0 bridgehead atoms. The fourth-order valence-electron chi connectivity index (χ4n) is 4.42. The van der Waals surface area contributed by atoms with Crippen molar-refractivity contribution in [2.75, 3.05) is 24.5 Å². The first-order valence-corrected chi connectivity index (χ1v) is 11.4. The Kier molecular flexibility index (Phi) is 7.04. The van der Waals surface area contributed by atoms with Gasteiger partial charge in [0.1, 0.15) is 11.5 Å². The van der Waals surface area contributed by atoms with Gasteiger partial charge in [-0.25, -0.2) is 27.5 Å². The molecule has 0 spiro atoms. The third kappa shape index (κ3) is 4.98. The van der Waals surface area contributed by atoms with Crippen molar-refractivity contribution in [2.45, 2.75) is 33.2 Å². The lowest BCUT2D eigenvalue weighted by Gasteiger charge is -2.34. The van der Waals surface area contributed by atoms with Crippen LogP contribution in [0.5, 0.6) is 0 Å². The first kappa shape index (κ1) is 24.6. The molecule has 4 rings (SSSR count). The Labute approximate surface area is 200 Å². The molecule has 3 aromatic rings. The van der Waals surface area contributed by atoms with Crippen LogP contribution in [0, 0.1) is 36.1 Å². The standard InChI is InChI=1S/C24H26F4N6O/c1-4-33(13-16-9-17(25)10-18(26)20(16)28)23(35)15-5-7-34(8-6-15)24-29-12-19(27)21(31-24)22-14(2)11-30-32(22)3/h9-12,15H,4-8,13H2,1-3H3. The summed E-state index contributed by atoms with van der Waals surface area (Å²) in [5, 5.41) is 4.14. The van der Waals surface area contributed by atoms with Crippen LogP contribution in [0.25, 0.3) is 11.4 Å². The predicted molar refractivity (Wildman–Crippen MR) is 121 cm³/mol. The van der Waals surface area contributed by atoms with Gasteiger partial charge in [-0.1, -0.05) is 0 Å². The molecule has 0 N–H and O–H groups in total. The molecule has 0 atom stereocenters. The zero-order valence-electron chi connectivity index (χ0n) is 19.7. The number of hydrogen-bond donors (Lipinski definition) is 0. The quantitative estimate of drug-likeness (QED) is 0.386. The summed E-state index contributed by atoms with van der Waals surface area (Å²) in [5.41, 5.74) is 1.31. The molecule has 3 heterocycles. The maximum absolute atomic E-state index is 14.5. The van der Waals surface area contributed by atoms with Gasteiger partial charge < -0.3 is 9.80 Å². The lowest BCUT2D eigenvalue weighted by atomic mass is 9.95. The van der Waals surface area contributed by atoms with Crippen LogP contribution in [0.15, 0.2) is 24.5 Å². The van der Waals surface area contributed by atoms with Crippen LogP contribution in [0.1, 0.15) is 30.9 Å². The zero-order chi connectivity index (χ0) is 25.3. The lowest BCUT2D eigenvalue weighted by Crippen LogP contribution is -2.43. The second kappa shape index (κ2) is 10.0. The summed E-state index contributed by atoms with van der Waals surface area (Å²) in [6.07, 6.45) is 3.73. The molecule has 1 aromatic carbocycles. The minimum atomic E-state index is -1.28. The van der Waals surface area contributed by atoms with E-state index in [-0.39, 0.29) is 36.2 Å². The molecule has 186 valence electrons. The van der Waals surface area contributed by atoms with Gasteiger partial charge >= 0.3 is 0 Å². The van der Waals surface area contributed by atoms with Crippen molar-refractivity contribution in [3.8, 4) is 11.4 Å². The number of aromatic nitrogens is 4. The van der Waals surface area contributed by atoms with E-state index in [0.29, 0.717) is 43.6 Å². The molecule has 0 unspecified atom stereocenters. The molecule has 1 amide bonds. The first-order chi connectivity index (χ1) is 16.7. The number of nitrogens with zero attached hydrogens (tertiary/aromatic N) is 6. The van der Waals surface area contributed by atoms with Gasteiger partial charge in [-0.2, -0.15) is 5.10 Å². The van der Waals surface area contributed by atoms with Crippen LogP contribution >= 0.6 is 0 Å². The number of benzene rings is 1. The second-order valence-corrected chi connectivity index (χ2v) is 8.64. The molecule has 1 fully saturated rings. The number of hydrogen-bond acceptors (Lipinski definition) is 5. The van der Waals surface area contributed by atoms with Crippen molar-refractivity contribution >= 4 is 11.9 Å². The van der Waals surface area contributed by atoms with Crippen molar-refractivity contribution in [3.05, 3.63) is 58.9 Å². The highest BCUT2D eigenvalue weighted by molar-refractivity contribution is 5.79. The topological polar surface area (TPSA) is 67.2 Å². The molecule has 0 radical (unpaired) electrons. The normalized spacial score (nSPS) is 14.4. The van der Waals surface area contributed by atoms with E-state index in [0.717, 1.165) is 17.8 Å². The molecular weight excluding hydrogens is 464 g/mol. The van der Waals surface area contributed by atoms with E-state index < -0.39 is 23.3 Å². The Morgan fingerprint density at radius 2 is 1.83 bits per heavy atom. The molecular formula is C24H26F4N6O. The molecule has 7 nitrogen and oxygen atoms in total. The highest BCUT2D eigenvalue weighted by Gasteiger charge is 2.30. The average Bonchev–Trinajstić information content (AvgIpc) is 3.18. The van der Waals surface area contributed by atoms with Gasteiger partial charge in [-0.3, -0.25) is 9.48 Å². The molecule has 0 aliphatic carbocycles. The van der Waals surface area contributed by atoms with E-state index in [1.54, 1.807) is 24.9 Å². The van der Waals surface area contributed by atoms with Crippen LogP contribution in [0.4, 0.5) is 23.5 Å². The number of rotatable bonds is 6. The number of carbonyl (C=O) groups is 1. The number of carbonyl (C=O) groups excluding carboxylic acids is 1. The predicted octanol–water partition coefficient (Wildman–Crippen LogP) is 4.01. The molecule has 1 saturated heterocycles. The Morgan fingerprint density at radius 1 is 1.11 bits per heavy atom. The second-order valence-electron chi connectivity index (χ2n) is 8.64. The molecule has 1 aliphatic heterocycles. The SMILES string of the molecule is CCN(Cc1cc(F)cc(F)c1F)C(=O)C1CCN(c2ncc(F)c(-c3c(C)cnn3C)n2)CC1. The highest BCUT2D eigenvalue weighted by atomic mass is 19.2. The smallest absolute Gasteiger partial charge is 0.226 e. The summed E-state index contributed by atoms with van der Waals surface area (Å²) in [6, 6.07) is 1.38. The first-order valence-electron chi connectivity index (χ1n) is 11.4. The van der Waals surface area contributed by atoms with Gasteiger partial charge in [0.15, 0.2) is 17.5 Å². The fraction of sp³-hybridized carbons (Fsp3) is 0.417. The average molecular weight is 491 g/mol. The maximum Gasteiger partial charge on any atom is 0.226 e. The van der Waals surface area contributed by atoms with Crippen molar-refractivity contribution in [2.24, 2.45) is 13.0 Å². The van der Waals surface area contributed by atoms with E-state index in [9.17, 15) is 22.4 Å². The number of amides is 1. The van der Waals surface area contributed by atoms with E-state index in [4.69, 9.17) is 0 Å². The molecule has 1 aliphatic rings. The van der Waals surface area contributed by atoms with Crippen LogP contribution in [0.3, 0.4) is 0 Å². The van der Waals surface area contributed by atoms with Crippen LogP contribution < -0.4 is 4.90 Å². The number of aryl methyl sites for hydroxylation is 2. The van der Waals surface area contributed by atoms with E-state index in [2.05, 4.69) is 15.1 Å². The van der Waals surface area contributed by atoms with Crippen LogP contribution in [0.2, 0.25) is 0 Å². The fourth-order valence-corrected chi connectivity index (χ4v) is 4.42. The molecule has 0 saturated carbocycles. The van der Waals surface area contributed by atoms with Crippen LogP contribution in [-0.2, 0) is 18.4 Å². The number of halogens is 4. The summed E-state index contributed by atoms with van der Waals surface area (Å²) >= 11 is 0. The van der Waals surface area contributed by atoms with Crippen molar-refractivity contribution in [3.63, 3.8) is 0 Å². The Hall–Kier alpha value is -3.50. The lowest BCUT2D eigenvalue weighted by molar-refractivity contribution is -0.136. The summed E-state index contributed by atoms with van der Waals surface area (Å²) in [7, 11) is 1.71. The van der Waals surface area contributed by atoms with E-state index in [1.807, 2.05) is 11.8 Å². The molecule has 2 aromatic heterocycles. The van der Waals surface area contributed by atoms with Gasteiger partial charge in [0.2, 0.25) is 11.9 Å². The Morgan fingerprint density at radius 3 is 2.46 bits per heavy atom. The van der Waals surface area contributed by atoms with E-state index in [1.165, 1.54) is 4.90 Å². The minimum Gasteiger partial charge on any atom is -0.341 e. The van der Waals surface area contributed by atoms with Crippen molar-refractivity contribution in [1.29, 1.82) is 0 Å². The number of anilines is 1. The van der Waals surface area contributed by atoms with Gasteiger partial charge in [0.25, 0.3) is 0 Å². The molecule has 11 heteroatoms. The minimum absolute atomic E-state index is 0.159. The Balaban J connectivity index is 1.45. The summed E-state index contributed by atoms with van der Waals surface area (Å²) < 4.78 is 57.3. The monoisotopic (exact) mass is 490 g/mol. The van der Waals surface area contributed by atoms with Gasteiger partial charge in [-0.15, -0.1) is 0 Å². The van der Waals surface area contributed by atoms with E-state index >= 15 is 0 Å². The summed E-state index contributed by atoms with van der Waals surface area (Å²) in [5.74, 6) is -4.06. The molecule has 35 heavy (non-hydrogen) atoms. The third-order valence-electron chi connectivity index (χ3n) is 6.33. The highest BCUT2D eigenvalue weighted by Crippen LogP contribution is 2.28. The Bertz CT molecular complexity index is 1220. The van der Waals surface area contributed by atoms with Crippen molar-refractivity contribution in [1.82, 2.24) is 24.6 Å². The largest absolute Gasteiger partial charge is 0.341 e. The summed E-state index contributed by atoms with van der Waals surface area (Å²) in [4.78, 5) is 24.9. The van der Waals surface area contributed by atoms with Gasteiger partial charge in [0, 0.05) is 50.8 Å².